The Morgan fingerprint density at radius 1 is 0.903 bits per heavy atom. The number of hydrogen-bond donors (Lipinski definition) is 0. The third-order valence-electron chi connectivity index (χ3n) is 6.61. The first-order valence-electron chi connectivity index (χ1n) is 10.6. The Morgan fingerprint density at radius 2 is 1.65 bits per heavy atom. The van der Waals surface area contributed by atoms with Crippen LogP contribution in [0.15, 0.2) is 53.0 Å². The number of benzene rings is 2. The van der Waals surface area contributed by atoms with Gasteiger partial charge in [-0.2, -0.15) is 0 Å². The summed E-state index contributed by atoms with van der Waals surface area (Å²) in [5.74, 6) is 0.297. The van der Waals surface area contributed by atoms with E-state index in [0.717, 1.165) is 23.3 Å². The van der Waals surface area contributed by atoms with Gasteiger partial charge >= 0.3 is 0 Å². The topological polar surface area (TPSA) is 65.0 Å². The lowest BCUT2D eigenvalue weighted by Gasteiger charge is -2.41. The zero-order valence-corrected chi connectivity index (χ0v) is 18.2. The maximum absolute atomic E-state index is 13.6. The Kier molecular flexibility index (Phi) is 4.40. The average Bonchev–Trinajstić information content (AvgIpc) is 3.03. The number of allylic oxidation sites excluding steroid dienone is 1. The minimum absolute atomic E-state index is 0.0547. The molecule has 0 bridgehead atoms. The molecule has 2 aromatic rings. The lowest BCUT2D eigenvalue weighted by Crippen LogP contribution is -2.43. The second-order valence-corrected chi connectivity index (χ2v) is 9.26. The van der Waals surface area contributed by atoms with E-state index in [1.165, 1.54) is 0 Å². The van der Waals surface area contributed by atoms with Gasteiger partial charge in [0.1, 0.15) is 5.78 Å². The van der Waals surface area contributed by atoms with Crippen LogP contribution >= 0.6 is 0 Å². The average molecular weight is 415 g/mol. The van der Waals surface area contributed by atoms with E-state index in [1.54, 1.807) is 14.2 Å². The molecule has 2 aromatic carbocycles. The van der Waals surface area contributed by atoms with E-state index in [9.17, 15) is 9.59 Å². The first kappa shape index (κ1) is 19.7. The fourth-order valence-corrected chi connectivity index (χ4v) is 5.41. The van der Waals surface area contributed by atoms with Gasteiger partial charge in [0.25, 0.3) is 0 Å². The van der Waals surface area contributed by atoms with Crippen molar-refractivity contribution in [3.8, 4) is 11.5 Å². The quantitative estimate of drug-likeness (QED) is 0.718. The molecule has 0 amide bonds. The van der Waals surface area contributed by atoms with Gasteiger partial charge in [-0.1, -0.05) is 50.2 Å². The maximum atomic E-state index is 13.6. The van der Waals surface area contributed by atoms with Crippen LogP contribution in [0.3, 0.4) is 0 Å². The molecular weight excluding hydrogens is 390 g/mol. The molecule has 1 aliphatic heterocycles. The molecule has 2 aliphatic carbocycles. The van der Waals surface area contributed by atoms with Crippen LogP contribution < -0.4 is 9.47 Å². The molecule has 0 radical (unpaired) electrons. The van der Waals surface area contributed by atoms with Crippen LogP contribution in [0.1, 0.15) is 54.1 Å². The number of nitrogens with zero attached hydrogens (tertiary/aromatic N) is 1. The highest BCUT2D eigenvalue weighted by molar-refractivity contribution is 6.25. The Balaban J connectivity index is 1.79. The van der Waals surface area contributed by atoms with Gasteiger partial charge in [0.2, 0.25) is 0 Å². The Bertz CT molecular complexity index is 1190. The van der Waals surface area contributed by atoms with Crippen LogP contribution in [0.25, 0.3) is 5.70 Å². The maximum Gasteiger partial charge on any atom is 0.192 e. The summed E-state index contributed by atoms with van der Waals surface area (Å²) in [5.41, 5.74) is 4.28. The Labute approximate surface area is 181 Å². The van der Waals surface area contributed by atoms with Crippen LogP contribution in [0.2, 0.25) is 0 Å². The van der Waals surface area contributed by atoms with E-state index in [2.05, 4.69) is 13.8 Å². The minimum Gasteiger partial charge on any atom is -0.493 e. The second-order valence-electron chi connectivity index (χ2n) is 9.26. The standard InChI is InChI=1S/C26H25NO4/c1-26(2)12-17-21(18(28)13-26)20(16-10-7-11-19(30-3)25(16)31-4)22-23(27-17)14-8-5-6-9-15(14)24(22)29/h5-11,20-21H,12-13H2,1-4H3/t20-,21?/m0/s1. The normalized spacial score (nSPS) is 23.7. The summed E-state index contributed by atoms with van der Waals surface area (Å²) in [6.45, 7) is 4.20. The number of para-hydroxylation sites is 1. The molecule has 5 rings (SSSR count). The molecule has 0 spiro atoms. The van der Waals surface area contributed by atoms with Crippen LogP contribution in [-0.2, 0) is 4.79 Å². The smallest absolute Gasteiger partial charge is 0.192 e. The zero-order valence-electron chi connectivity index (χ0n) is 18.2. The van der Waals surface area contributed by atoms with Crippen LogP contribution in [0.4, 0.5) is 0 Å². The van der Waals surface area contributed by atoms with Crippen molar-refractivity contribution in [2.75, 3.05) is 14.2 Å². The van der Waals surface area contributed by atoms with E-state index in [-0.39, 0.29) is 17.0 Å². The highest BCUT2D eigenvalue weighted by atomic mass is 16.5. The molecule has 5 nitrogen and oxygen atoms in total. The number of ether oxygens (including phenoxy) is 2. The number of fused-ring (bicyclic) bond motifs is 3. The molecule has 1 unspecified atom stereocenters. The first-order chi connectivity index (χ1) is 14.9. The van der Waals surface area contributed by atoms with E-state index < -0.39 is 11.8 Å². The summed E-state index contributed by atoms with van der Waals surface area (Å²) in [6.07, 6.45) is 1.18. The van der Waals surface area contributed by atoms with Crippen molar-refractivity contribution in [3.63, 3.8) is 0 Å². The minimum atomic E-state index is -0.467. The number of Topliss-reactive ketones (excluding diaryl/α,β-unsaturated/α-hetero) is 2. The van der Waals surface area contributed by atoms with E-state index >= 15 is 0 Å². The van der Waals surface area contributed by atoms with Crippen molar-refractivity contribution in [3.05, 3.63) is 64.7 Å². The molecule has 1 heterocycles. The largest absolute Gasteiger partial charge is 0.493 e. The van der Waals surface area contributed by atoms with Crippen molar-refractivity contribution in [2.24, 2.45) is 16.3 Å². The van der Waals surface area contributed by atoms with Gasteiger partial charge in [0.05, 0.1) is 25.8 Å². The van der Waals surface area contributed by atoms with Gasteiger partial charge in [-0.3, -0.25) is 14.6 Å². The fraction of sp³-hybridized carbons (Fsp3) is 0.346. The number of rotatable bonds is 3. The van der Waals surface area contributed by atoms with E-state index in [0.29, 0.717) is 34.8 Å². The molecular formula is C26H25NO4. The van der Waals surface area contributed by atoms with E-state index in [4.69, 9.17) is 14.5 Å². The molecule has 3 aliphatic rings. The highest BCUT2D eigenvalue weighted by Crippen LogP contribution is 2.54. The molecule has 1 saturated carbocycles. The summed E-state index contributed by atoms with van der Waals surface area (Å²) < 4.78 is 11.2. The third-order valence-corrected chi connectivity index (χ3v) is 6.61. The summed E-state index contributed by atoms with van der Waals surface area (Å²) in [6, 6.07) is 13.2. The van der Waals surface area contributed by atoms with Crippen molar-refractivity contribution in [1.29, 1.82) is 0 Å². The van der Waals surface area contributed by atoms with Crippen LogP contribution in [-0.4, -0.2) is 31.5 Å². The number of hydrogen-bond acceptors (Lipinski definition) is 5. The molecule has 0 aromatic heterocycles. The van der Waals surface area contributed by atoms with Crippen molar-refractivity contribution in [2.45, 2.75) is 32.6 Å². The monoisotopic (exact) mass is 415 g/mol. The number of ketones is 2. The predicted octanol–water partition coefficient (Wildman–Crippen LogP) is 4.85. The zero-order chi connectivity index (χ0) is 21.9. The Hall–Kier alpha value is -3.21. The summed E-state index contributed by atoms with van der Waals surface area (Å²) in [4.78, 5) is 32.0. The number of aliphatic imine (C=N–C) groups is 1. The molecule has 0 saturated heterocycles. The van der Waals surface area contributed by atoms with Crippen molar-refractivity contribution >= 4 is 23.0 Å². The molecule has 158 valence electrons. The van der Waals surface area contributed by atoms with Gasteiger partial charge in [0, 0.05) is 40.3 Å². The summed E-state index contributed by atoms with van der Waals surface area (Å²) >= 11 is 0. The SMILES string of the molecule is COc1cccc([C@@H]2C3=C(N=C4CC(C)(C)CC(=O)C42)c2ccccc2C3=O)c1OC. The number of carbonyl (C=O) groups excluding carboxylic acids is 2. The third kappa shape index (κ3) is 2.87. The first-order valence-corrected chi connectivity index (χ1v) is 10.6. The lowest BCUT2D eigenvalue weighted by atomic mass is 9.63. The molecule has 5 heteroatoms. The van der Waals surface area contributed by atoms with Gasteiger partial charge in [0.15, 0.2) is 17.3 Å². The molecule has 1 fully saturated rings. The van der Waals surface area contributed by atoms with Gasteiger partial charge in [-0.05, 0) is 17.9 Å². The van der Waals surface area contributed by atoms with Crippen LogP contribution in [0.5, 0.6) is 11.5 Å². The van der Waals surface area contributed by atoms with Gasteiger partial charge in [-0.25, -0.2) is 0 Å². The molecule has 0 N–H and O–H groups in total. The number of methoxy groups -OCH3 is 2. The van der Waals surface area contributed by atoms with Gasteiger partial charge < -0.3 is 9.47 Å². The van der Waals surface area contributed by atoms with E-state index in [1.807, 2.05) is 42.5 Å². The lowest BCUT2D eigenvalue weighted by molar-refractivity contribution is -0.124. The summed E-state index contributed by atoms with van der Waals surface area (Å²) in [7, 11) is 3.18. The number of carbonyl (C=O) groups is 2. The van der Waals surface area contributed by atoms with Crippen molar-refractivity contribution < 1.29 is 19.1 Å². The van der Waals surface area contributed by atoms with Crippen molar-refractivity contribution in [1.82, 2.24) is 0 Å². The van der Waals surface area contributed by atoms with Gasteiger partial charge in [-0.15, -0.1) is 0 Å². The predicted molar refractivity (Wildman–Crippen MR) is 119 cm³/mol. The Morgan fingerprint density at radius 3 is 2.35 bits per heavy atom. The summed E-state index contributed by atoms with van der Waals surface area (Å²) in [5, 5.41) is 0. The fourth-order valence-electron chi connectivity index (χ4n) is 5.41. The molecule has 31 heavy (non-hydrogen) atoms. The highest BCUT2D eigenvalue weighted by Gasteiger charge is 2.50. The second kappa shape index (κ2) is 6.91. The molecule has 2 atom stereocenters. The van der Waals surface area contributed by atoms with Crippen LogP contribution in [0, 0.1) is 11.3 Å².